The van der Waals surface area contributed by atoms with Crippen molar-refractivity contribution in [3.8, 4) is 0 Å². The second kappa shape index (κ2) is 10.1. The lowest BCUT2D eigenvalue weighted by Crippen LogP contribution is -2.41. The number of carbonyl (C=O) groups excluding carboxylic acids is 1. The molecule has 0 heterocycles. The van der Waals surface area contributed by atoms with E-state index in [1.807, 2.05) is 12.2 Å². The van der Waals surface area contributed by atoms with Gasteiger partial charge in [0, 0.05) is 18.1 Å². The molecule has 2 saturated carbocycles. The Morgan fingerprint density at radius 2 is 2.00 bits per heavy atom. The van der Waals surface area contributed by atoms with Gasteiger partial charge in [0.2, 0.25) is 0 Å². The van der Waals surface area contributed by atoms with Gasteiger partial charge < -0.3 is 15.3 Å². The molecule has 3 N–H and O–H groups in total. The van der Waals surface area contributed by atoms with Crippen molar-refractivity contribution in [2.24, 2.45) is 11.3 Å². The molecule has 0 aliphatic heterocycles. The van der Waals surface area contributed by atoms with Crippen molar-refractivity contribution in [3.05, 3.63) is 47.5 Å². The number of carboxylic acids is 1. The van der Waals surface area contributed by atoms with Crippen LogP contribution in [0.5, 0.6) is 0 Å². The Balaban J connectivity index is 1.58. The van der Waals surface area contributed by atoms with Crippen molar-refractivity contribution in [3.63, 3.8) is 0 Å². The highest BCUT2D eigenvalue weighted by atomic mass is 32.2. The van der Waals surface area contributed by atoms with E-state index in [4.69, 9.17) is 5.11 Å². The van der Waals surface area contributed by atoms with E-state index in [1.54, 1.807) is 24.3 Å². The molecule has 0 radical (unpaired) electrons. The third-order valence-corrected chi connectivity index (χ3v) is 8.11. The van der Waals surface area contributed by atoms with E-state index in [9.17, 15) is 19.8 Å². The number of hydrogen-bond donors (Lipinski definition) is 3. The van der Waals surface area contributed by atoms with Gasteiger partial charge in [-0.25, -0.2) is 4.79 Å². The van der Waals surface area contributed by atoms with Crippen LogP contribution in [0.15, 0.2) is 36.4 Å². The summed E-state index contributed by atoms with van der Waals surface area (Å²) in [4.78, 5) is 23.4. The van der Waals surface area contributed by atoms with Gasteiger partial charge in [0.1, 0.15) is 5.78 Å². The average molecular weight is 433 g/mol. The summed E-state index contributed by atoms with van der Waals surface area (Å²) >= 11 is 1.49. The number of benzene rings is 1. The summed E-state index contributed by atoms with van der Waals surface area (Å²) in [5.41, 5.74) is 1.24. The summed E-state index contributed by atoms with van der Waals surface area (Å²) < 4.78 is 0. The van der Waals surface area contributed by atoms with Crippen molar-refractivity contribution >= 4 is 23.5 Å². The molecule has 0 saturated heterocycles. The largest absolute Gasteiger partial charge is 0.478 e. The molecule has 2 aliphatic rings. The number of aliphatic hydroxyl groups is 2. The molecule has 0 bridgehead atoms. The van der Waals surface area contributed by atoms with Crippen LogP contribution in [-0.4, -0.2) is 44.5 Å². The van der Waals surface area contributed by atoms with Gasteiger partial charge in [-0.15, -0.1) is 11.8 Å². The number of rotatable bonds is 10. The second-order valence-electron chi connectivity index (χ2n) is 8.69. The van der Waals surface area contributed by atoms with E-state index in [2.05, 4.69) is 6.92 Å². The molecule has 5 nitrogen and oxygen atoms in total. The molecule has 0 spiro atoms. The number of aromatic carboxylic acids is 1. The maximum atomic E-state index is 12.4. The maximum absolute atomic E-state index is 12.4. The van der Waals surface area contributed by atoms with E-state index in [0.717, 1.165) is 31.2 Å². The van der Waals surface area contributed by atoms with Crippen LogP contribution in [0, 0.1) is 11.3 Å². The highest BCUT2D eigenvalue weighted by molar-refractivity contribution is 7.99. The van der Waals surface area contributed by atoms with E-state index in [1.165, 1.54) is 18.2 Å². The Labute approximate surface area is 182 Å². The first-order chi connectivity index (χ1) is 14.4. The Kier molecular flexibility index (Phi) is 7.77. The van der Waals surface area contributed by atoms with Crippen LogP contribution in [-0.2, 0) is 10.5 Å². The fraction of sp³-hybridized carbons (Fsp3) is 0.583. The summed E-state index contributed by atoms with van der Waals surface area (Å²) in [7, 11) is 0. The van der Waals surface area contributed by atoms with Gasteiger partial charge in [-0.3, -0.25) is 4.79 Å². The molecule has 3 rings (SSSR count). The molecule has 1 unspecified atom stereocenters. The minimum atomic E-state index is -0.960. The average Bonchev–Trinajstić information content (AvgIpc) is 2.95. The topological polar surface area (TPSA) is 94.8 Å². The number of carboxylic acid groups (broad SMARTS) is 1. The molecule has 0 amide bonds. The normalized spacial score (nSPS) is 26.6. The van der Waals surface area contributed by atoms with Crippen molar-refractivity contribution < 1.29 is 24.9 Å². The van der Waals surface area contributed by atoms with Crippen LogP contribution in [0.2, 0.25) is 0 Å². The molecule has 2 fully saturated rings. The van der Waals surface area contributed by atoms with Gasteiger partial charge in [-0.05, 0) is 48.8 Å². The summed E-state index contributed by atoms with van der Waals surface area (Å²) in [6.07, 6.45) is 9.00. The molecular formula is C24H32O5S. The summed E-state index contributed by atoms with van der Waals surface area (Å²) in [6, 6.07) is 6.66. The number of Topliss-reactive ketones (excluding diaryl/α,β-unsaturated/α-hetero) is 1. The zero-order valence-electron chi connectivity index (χ0n) is 17.5. The van der Waals surface area contributed by atoms with Crippen molar-refractivity contribution in [2.75, 3.05) is 0 Å². The van der Waals surface area contributed by atoms with Crippen LogP contribution >= 0.6 is 11.8 Å². The predicted octanol–water partition coefficient (Wildman–Crippen LogP) is 4.21. The van der Waals surface area contributed by atoms with Crippen molar-refractivity contribution in [1.29, 1.82) is 0 Å². The molecule has 2 aliphatic carbocycles. The molecule has 30 heavy (non-hydrogen) atoms. The third-order valence-electron chi connectivity index (χ3n) is 6.67. The Morgan fingerprint density at radius 3 is 2.57 bits per heavy atom. The lowest BCUT2D eigenvalue weighted by atomic mass is 9.62. The van der Waals surface area contributed by atoms with Crippen molar-refractivity contribution in [1.82, 2.24) is 0 Å². The SMILES string of the molecule is CCCC1(C(O)C/C=C/[C@H]2[C@H](O)CC(=O)[C@@H]2SCc2ccc(C(=O)O)cc2)CCC1. The number of ketones is 1. The Morgan fingerprint density at radius 1 is 1.30 bits per heavy atom. The molecule has 0 aromatic heterocycles. The van der Waals surface area contributed by atoms with Crippen LogP contribution < -0.4 is 0 Å². The maximum Gasteiger partial charge on any atom is 0.335 e. The monoisotopic (exact) mass is 432 g/mol. The molecule has 1 aromatic rings. The van der Waals surface area contributed by atoms with Gasteiger partial charge in [0.15, 0.2) is 0 Å². The molecule has 6 heteroatoms. The predicted molar refractivity (Wildman–Crippen MR) is 119 cm³/mol. The molecular weight excluding hydrogens is 400 g/mol. The van der Waals surface area contributed by atoms with Crippen LogP contribution in [0.3, 0.4) is 0 Å². The Bertz CT molecular complexity index is 768. The molecule has 4 atom stereocenters. The van der Waals surface area contributed by atoms with Gasteiger partial charge in [0.25, 0.3) is 0 Å². The van der Waals surface area contributed by atoms with Gasteiger partial charge in [0.05, 0.1) is 23.0 Å². The first kappa shape index (κ1) is 23.0. The Hall–Kier alpha value is -1.63. The van der Waals surface area contributed by atoms with Crippen LogP contribution in [0.25, 0.3) is 0 Å². The minimum Gasteiger partial charge on any atom is -0.478 e. The standard InChI is InChI=1S/C24H32O5S/c1-2-11-24(12-4-13-24)21(27)6-3-5-18-19(25)14-20(26)22(18)30-15-16-7-9-17(10-8-16)23(28)29/h3,5,7-10,18-19,21-22,25,27H,2,4,6,11-15H2,1H3,(H,28,29)/b5-3+/t18-,19+,21?,22+/m0/s1. The zero-order valence-corrected chi connectivity index (χ0v) is 18.3. The van der Waals surface area contributed by atoms with Crippen molar-refractivity contribution in [2.45, 2.75) is 75.1 Å². The summed E-state index contributed by atoms with van der Waals surface area (Å²) in [6.45, 7) is 2.15. The van der Waals surface area contributed by atoms with Gasteiger partial charge in [-0.2, -0.15) is 0 Å². The first-order valence-corrected chi connectivity index (χ1v) is 11.9. The van der Waals surface area contributed by atoms with E-state index >= 15 is 0 Å². The number of carbonyl (C=O) groups is 2. The zero-order chi connectivity index (χ0) is 21.7. The number of thioether (sulfide) groups is 1. The first-order valence-electron chi connectivity index (χ1n) is 10.9. The fourth-order valence-corrected chi connectivity index (χ4v) is 6.07. The van der Waals surface area contributed by atoms with Crippen LogP contribution in [0.4, 0.5) is 0 Å². The summed E-state index contributed by atoms with van der Waals surface area (Å²) in [5.74, 6) is -0.587. The van der Waals surface area contributed by atoms with E-state index < -0.39 is 12.1 Å². The highest BCUT2D eigenvalue weighted by Crippen LogP contribution is 2.48. The smallest absolute Gasteiger partial charge is 0.335 e. The second-order valence-corrected chi connectivity index (χ2v) is 9.82. The van der Waals surface area contributed by atoms with Crippen LogP contribution in [0.1, 0.15) is 67.8 Å². The summed E-state index contributed by atoms with van der Waals surface area (Å²) in [5, 5.41) is 29.7. The lowest BCUT2D eigenvalue weighted by Gasteiger charge is -2.45. The van der Waals surface area contributed by atoms with Gasteiger partial charge >= 0.3 is 5.97 Å². The van der Waals surface area contributed by atoms with E-state index in [0.29, 0.717) is 12.2 Å². The highest BCUT2D eigenvalue weighted by Gasteiger charge is 2.42. The fourth-order valence-electron chi connectivity index (χ4n) is 4.73. The third kappa shape index (κ3) is 5.16. The quantitative estimate of drug-likeness (QED) is 0.479. The number of hydrogen-bond acceptors (Lipinski definition) is 5. The minimum absolute atomic E-state index is 0.0475. The lowest BCUT2D eigenvalue weighted by molar-refractivity contribution is -0.117. The van der Waals surface area contributed by atoms with E-state index in [-0.39, 0.29) is 40.5 Å². The number of aliphatic hydroxyl groups excluding tert-OH is 2. The van der Waals surface area contributed by atoms with Gasteiger partial charge in [-0.1, -0.05) is 44.1 Å². The molecule has 1 aromatic carbocycles. The molecule has 164 valence electrons.